The zero-order valence-electron chi connectivity index (χ0n) is 16.3. The number of ether oxygens (including phenoxy) is 1. The summed E-state index contributed by atoms with van der Waals surface area (Å²) in [6.07, 6.45) is 0.442. The van der Waals surface area contributed by atoms with Gasteiger partial charge in [0.2, 0.25) is 5.91 Å². The summed E-state index contributed by atoms with van der Waals surface area (Å²) in [4.78, 5) is 38.1. The molecule has 2 aromatic carbocycles. The number of carbonyl (C=O) groups excluding carboxylic acids is 2. The molecule has 0 radical (unpaired) electrons. The van der Waals surface area contributed by atoms with E-state index in [1.54, 1.807) is 0 Å². The molecular formula is C22H23FN2O5. The molecule has 30 heavy (non-hydrogen) atoms. The lowest BCUT2D eigenvalue weighted by Gasteiger charge is -2.25. The van der Waals surface area contributed by atoms with Gasteiger partial charge in [-0.05, 0) is 36.1 Å². The maximum atomic E-state index is 13.1. The van der Waals surface area contributed by atoms with E-state index in [1.807, 2.05) is 30.3 Å². The van der Waals surface area contributed by atoms with Gasteiger partial charge in [-0.25, -0.2) is 14.0 Å². The fraction of sp³-hybridized carbons (Fsp3) is 0.318. The average molecular weight is 414 g/mol. The van der Waals surface area contributed by atoms with Crippen LogP contribution < -0.4 is 5.32 Å². The first kappa shape index (κ1) is 21.3. The Morgan fingerprint density at radius 3 is 2.47 bits per heavy atom. The summed E-state index contributed by atoms with van der Waals surface area (Å²) in [7, 11) is 0. The second-order valence-corrected chi connectivity index (χ2v) is 7.12. The molecule has 0 unspecified atom stereocenters. The number of hydrogen-bond donors (Lipinski definition) is 2. The topological polar surface area (TPSA) is 95.9 Å². The molecule has 2 aromatic rings. The second-order valence-electron chi connectivity index (χ2n) is 7.12. The second kappa shape index (κ2) is 9.87. The van der Waals surface area contributed by atoms with E-state index >= 15 is 0 Å². The molecule has 2 N–H and O–H groups in total. The third-order valence-electron chi connectivity index (χ3n) is 4.96. The molecule has 0 aliphatic carbocycles. The lowest BCUT2D eigenvalue weighted by Crippen LogP contribution is -2.51. The van der Waals surface area contributed by atoms with E-state index in [4.69, 9.17) is 4.74 Å². The van der Waals surface area contributed by atoms with Crippen molar-refractivity contribution in [2.75, 3.05) is 6.54 Å². The molecule has 2 atom stereocenters. The molecule has 8 heteroatoms. The predicted octanol–water partition coefficient (Wildman–Crippen LogP) is 2.74. The lowest BCUT2D eigenvalue weighted by atomic mass is 10.1. The van der Waals surface area contributed by atoms with Gasteiger partial charge in [-0.15, -0.1) is 0 Å². The molecule has 1 fully saturated rings. The summed E-state index contributed by atoms with van der Waals surface area (Å²) in [6, 6.07) is 12.6. The van der Waals surface area contributed by atoms with Crippen molar-refractivity contribution in [2.45, 2.75) is 38.0 Å². The van der Waals surface area contributed by atoms with E-state index in [2.05, 4.69) is 5.32 Å². The molecule has 0 bridgehead atoms. The fourth-order valence-electron chi connectivity index (χ4n) is 3.38. The van der Waals surface area contributed by atoms with Crippen LogP contribution in [0.2, 0.25) is 0 Å². The summed E-state index contributed by atoms with van der Waals surface area (Å²) in [6.45, 7) is 0.453. The molecule has 0 aromatic heterocycles. The Labute approximate surface area is 173 Å². The van der Waals surface area contributed by atoms with Crippen LogP contribution in [-0.2, 0) is 27.4 Å². The van der Waals surface area contributed by atoms with Crippen LogP contribution in [0.4, 0.5) is 9.18 Å². The number of halogens is 1. The predicted molar refractivity (Wildman–Crippen MR) is 106 cm³/mol. The van der Waals surface area contributed by atoms with Crippen LogP contribution in [0.5, 0.6) is 0 Å². The molecular weight excluding hydrogens is 391 g/mol. The van der Waals surface area contributed by atoms with Crippen LogP contribution in [0.3, 0.4) is 0 Å². The van der Waals surface area contributed by atoms with Gasteiger partial charge in [-0.2, -0.15) is 0 Å². The van der Waals surface area contributed by atoms with Gasteiger partial charge in [0.25, 0.3) is 0 Å². The van der Waals surface area contributed by atoms with Crippen LogP contribution in [0, 0.1) is 5.82 Å². The van der Waals surface area contributed by atoms with Crippen molar-refractivity contribution in [1.29, 1.82) is 0 Å². The molecule has 0 saturated carbocycles. The van der Waals surface area contributed by atoms with Gasteiger partial charge in [0.1, 0.15) is 24.5 Å². The summed E-state index contributed by atoms with van der Waals surface area (Å²) >= 11 is 0. The molecule has 158 valence electrons. The first-order valence-corrected chi connectivity index (χ1v) is 9.69. The maximum Gasteiger partial charge on any atom is 0.410 e. The van der Waals surface area contributed by atoms with Crippen LogP contribution in [0.15, 0.2) is 54.6 Å². The summed E-state index contributed by atoms with van der Waals surface area (Å²) in [5, 5.41) is 12.0. The van der Waals surface area contributed by atoms with Crippen molar-refractivity contribution in [2.24, 2.45) is 0 Å². The normalized spacial score (nSPS) is 16.7. The number of rotatable bonds is 7. The highest BCUT2D eigenvalue weighted by molar-refractivity contribution is 5.89. The van der Waals surface area contributed by atoms with Crippen LogP contribution in [0.1, 0.15) is 24.0 Å². The number of hydrogen-bond acceptors (Lipinski definition) is 4. The van der Waals surface area contributed by atoms with Gasteiger partial charge in [0.05, 0.1) is 0 Å². The van der Waals surface area contributed by atoms with E-state index in [1.165, 1.54) is 29.2 Å². The van der Waals surface area contributed by atoms with Crippen molar-refractivity contribution in [3.63, 3.8) is 0 Å². The van der Waals surface area contributed by atoms with Gasteiger partial charge in [0, 0.05) is 13.0 Å². The van der Waals surface area contributed by atoms with E-state index in [-0.39, 0.29) is 13.0 Å². The number of nitrogens with zero attached hydrogens (tertiary/aromatic N) is 1. The lowest BCUT2D eigenvalue weighted by molar-refractivity contribution is -0.142. The smallest absolute Gasteiger partial charge is 0.410 e. The molecule has 1 saturated heterocycles. The minimum atomic E-state index is -1.20. The fourth-order valence-corrected chi connectivity index (χ4v) is 3.38. The summed E-state index contributed by atoms with van der Waals surface area (Å²) < 4.78 is 18.4. The maximum absolute atomic E-state index is 13.1. The first-order valence-electron chi connectivity index (χ1n) is 9.69. The van der Waals surface area contributed by atoms with E-state index in [0.29, 0.717) is 24.9 Å². The Morgan fingerprint density at radius 1 is 1.10 bits per heavy atom. The monoisotopic (exact) mass is 414 g/mol. The van der Waals surface area contributed by atoms with Gasteiger partial charge in [0.15, 0.2) is 0 Å². The first-order chi connectivity index (χ1) is 14.4. The molecule has 3 rings (SSSR count). The molecule has 1 heterocycles. The highest BCUT2D eigenvalue weighted by atomic mass is 19.1. The Hall–Kier alpha value is -3.42. The molecule has 1 aliphatic heterocycles. The molecule has 2 amide bonds. The Balaban J connectivity index is 1.59. The summed E-state index contributed by atoms with van der Waals surface area (Å²) in [5.41, 5.74) is 1.41. The van der Waals surface area contributed by atoms with Crippen molar-refractivity contribution >= 4 is 18.0 Å². The minimum Gasteiger partial charge on any atom is -0.480 e. The largest absolute Gasteiger partial charge is 0.480 e. The number of carbonyl (C=O) groups is 3. The minimum absolute atomic E-state index is 0.00648. The number of aliphatic carboxylic acids is 1. The van der Waals surface area contributed by atoms with Crippen molar-refractivity contribution in [1.82, 2.24) is 10.2 Å². The Morgan fingerprint density at radius 2 is 1.80 bits per heavy atom. The molecule has 1 aliphatic rings. The molecule has 7 nitrogen and oxygen atoms in total. The Bertz CT molecular complexity index is 888. The summed E-state index contributed by atoms with van der Waals surface area (Å²) in [5.74, 6) is -2.17. The standard InChI is InChI=1S/C22H23FN2O5/c23-17-10-8-15(9-11-17)13-18(21(27)28)24-20(26)19-7-4-12-25(19)22(29)30-14-16-5-2-1-3-6-16/h1-3,5-6,8-11,18-19H,4,7,12-14H2,(H,24,26)(H,27,28)/t18-,19+/m0/s1. The number of amides is 2. The van der Waals surface area contributed by atoms with E-state index in [9.17, 15) is 23.9 Å². The van der Waals surface area contributed by atoms with Crippen molar-refractivity contribution in [3.8, 4) is 0 Å². The number of benzene rings is 2. The van der Waals surface area contributed by atoms with E-state index < -0.39 is 35.9 Å². The molecule has 0 spiro atoms. The number of nitrogens with one attached hydrogen (secondary N) is 1. The quantitative estimate of drug-likeness (QED) is 0.726. The van der Waals surface area contributed by atoms with Crippen molar-refractivity contribution < 1.29 is 28.6 Å². The Kier molecular flexibility index (Phi) is 7.00. The number of likely N-dealkylation sites (tertiary alicyclic amines) is 1. The van der Waals surface area contributed by atoms with Crippen molar-refractivity contribution in [3.05, 3.63) is 71.5 Å². The highest BCUT2D eigenvalue weighted by Crippen LogP contribution is 2.19. The third kappa shape index (κ3) is 5.56. The number of carboxylic acids is 1. The van der Waals surface area contributed by atoms with Crippen LogP contribution in [0.25, 0.3) is 0 Å². The zero-order valence-corrected chi connectivity index (χ0v) is 16.3. The SMILES string of the molecule is O=C(O)[C@H](Cc1ccc(F)cc1)NC(=O)[C@H]1CCCN1C(=O)OCc1ccccc1. The van der Waals surface area contributed by atoms with Gasteiger partial charge in [-0.1, -0.05) is 42.5 Å². The van der Waals surface area contributed by atoms with Crippen LogP contribution in [-0.4, -0.2) is 46.6 Å². The van der Waals surface area contributed by atoms with Gasteiger partial charge in [-0.3, -0.25) is 9.69 Å². The third-order valence-corrected chi connectivity index (χ3v) is 4.96. The van der Waals surface area contributed by atoms with Crippen LogP contribution >= 0.6 is 0 Å². The number of carboxylic acid groups (broad SMARTS) is 1. The van der Waals surface area contributed by atoms with Gasteiger partial charge >= 0.3 is 12.1 Å². The van der Waals surface area contributed by atoms with E-state index in [0.717, 1.165) is 5.56 Å². The average Bonchev–Trinajstić information content (AvgIpc) is 3.24. The highest BCUT2D eigenvalue weighted by Gasteiger charge is 2.36. The van der Waals surface area contributed by atoms with Gasteiger partial charge < -0.3 is 15.2 Å². The zero-order chi connectivity index (χ0) is 21.5.